The summed E-state index contributed by atoms with van der Waals surface area (Å²) < 4.78 is 13.1. The van der Waals surface area contributed by atoms with Crippen LogP contribution in [0.3, 0.4) is 0 Å². The van der Waals surface area contributed by atoms with E-state index in [2.05, 4.69) is 25.5 Å². The van der Waals surface area contributed by atoms with Gasteiger partial charge in [0.1, 0.15) is 5.82 Å². The number of benzene rings is 1. The van der Waals surface area contributed by atoms with E-state index >= 15 is 0 Å². The van der Waals surface area contributed by atoms with Crippen LogP contribution in [-0.2, 0) is 11.2 Å². The number of fused-ring (bicyclic) bond motifs is 1. The van der Waals surface area contributed by atoms with Gasteiger partial charge in [0.05, 0.1) is 0 Å². The zero-order valence-corrected chi connectivity index (χ0v) is 12.6. The lowest BCUT2D eigenvalue weighted by molar-refractivity contribution is -0.119. The number of nitrogens with zero attached hydrogens (tertiary/aromatic N) is 3. The first-order chi connectivity index (χ1) is 11.1. The fourth-order valence-electron chi connectivity index (χ4n) is 2.29. The molecule has 1 unspecified atom stereocenters. The summed E-state index contributed by atoms with van der Waals surface area (Å²) in [6, 6.07) is 6.42. The third kappa shape index (κ3) is 3.50. The average molecular weight is 313 g/mol. The lowest BCUT2D eigenvalue weighted by atomic mass is 10.0. The van der Waals surface area contributed by atoms with E-state index in [0.717, 1.165) is 5.56 Å². The lowest BCUT2D eigenvalue weighted by Gasteiger charge is -2.11. The summed E-state index contributed by atoms with van der Waals surface area (Å²) in [7, 11) is 0. The zero-order chi connectivity index (χ0) is 16.2. The number of hydrogen-bond donors (Lipinski definition) is 2. The van der Waals surface area contributed by atoms with Crippen LogP contribution >= 0.6 is 0 Å². The highest BCUT2D eigenvalue weighted by molar-refractivity contribution is 5.97. The summed E-state index contributed by atoms with van der Waals surface area (Å²) in [6.45, 7) is 1.83. The molecule has 0 bridgehead atoms. The molecule has 0 saturated carbocycles. The largest absolute Gasteiger partial charge is 0.309 e. The summed E-state index contributed by atoms with van der Waals surface area (Å²) in [5, 5.41) is 9.48. The lowest BCUT2D eigenvalue weighted by Crippen LogP contribution is -2.21. The number of hydrogen-bond acceptors (Lipinski definition) is 4. The second kappa shape index (κ2) is 6.51. The van der Waals surface area contributed by atoms with Crippen LogP contribution in [-0.4, -0.2) is 26.1 Å². The molecule has 2 N–H and O–H groups in total. The van der Waals surface area contributed by atoms with E-state index in [1.807, 2.05) is 13.0 Å². The second-order valence-corrected chi connectivity index (χ2v) is 5.39. The number of aryl methyl sites for hydroxylation is 1. The van der Waals surface area contributed by atoms with Gasteiger partial charge in [-0.05, 0) is 30.5 Å². The van der Waals surface area contributed by atoms with Crippen molar-refractivity contribution in [2.24, 2.45) is 5.92 Å². The van der Waals surface area contributed by atoms with Gasteiger partial charge in [-0.1, -0.05) is 19.1 Å². The molecule has 2 heterocycles. The molecule has 1 amide bonds. The first-order valence-electron chi connectivity index (χ1n) is 7.34. The molecule has 3 rings (SSSR count). The number of amides is 1. The van der Waals surface area contributed by atoms with E-state index in [1.54, 1.807) is 12.3 Å². The topological polar surface area (TPSA) is 83.6 Å². The molecule has 2 aromatic heterocycles. The van der Waals surface area contributed by atoms with Crippen molar-refractivity contribution in [2.45, 2.75) is 19.8 Å². The maximum atomic E-state index is 13.1. The van der Waals surface area contributed by atoms with Gasteiger partial charge in [0, 0.05) is 18.3 Å². The van der Waals surface area contributed by atoms with Gasteiger partial charge in [-0.25, -0.2) is 14.4 Å². The van der Waals surface area contributed by atoms with E-state index in [1.165, 1.54) is 18.3 Å². The SMILES string of the molecule is CC(CCc1cccc(F)c1)C(=O)Nc1[nH]nc2nccnc12. The Morgan fingerprint density at radius 3 is 3.00 bits per heavy atom. The monoisotopic (exact) mass is 313 g/mol. The van der Waals surface area contributed by atoms with Crippen molar-refractivity contribution in [2.75, 3.05) is 5.32 Å². The number of anilines is 1. The molecule has 0 radical (unpaired) electrons. The van der Waals surface area contributed by atoms with E-state index in [-0.39, 0.29) is 17.6 Å². The molecule has 7 heteroatoms. The van der Waals surface area contributed by atoms with Crippen LogP contribution in [0.25, 0.3) is 11.2 Å². The van der Waals surface area contributed by atoms with Crippen molar-refractivity contribution in [3.8, 4) is 0 Å². The Labute approximate surface area is 132 Å². The first-order valence-corrected chi connectivity index (χ1v) is 7.34. The highest BCUT2D eigenvalue weighted by Crippen LogP contribution is 2.17. The van der Waals surface area contributed by atoms with Gasteiger partial charge in [-0.15, -0.1) is 0 Å². The average Bonchev–Trinajstić information content (AvgIpc) is 2.96. The molecular formula is C16H16FN5O. The molecule has 0 aliphatic rings. The first kappa shape index (κ1) is 15.1. The van der Waals surface area contributed by atoms with E-state index < -0.39 is 0 Å². The number of halogens is 1. The van der Waals surface area contributed by atoms with Gasteiger partial charge >= 0.3 is 0 Å². The van der Waals surface area contributed by atoms with Crippen LogP contribution in [0.15, 0.2) is 36.7 Å². The minimum absolute atomic E-state index is 0.141. The molecule has 3 aromatic rings. The minimum Gasteiger partial charge on any atom is -0.309 e. The molecule has 0 aliphatic heterocycles. The normalized spacial score (nSPS) is 12.3. The van der Waals surface area contributed by atoms with Gasteiger partial charge in [-0.2, -0.15) is 5.10 Å². The Hall–Kier alpha value is -2.83. The number of aromatic nitrogens is 4. The zero-order valence-electron chi connectivity index (χ0n) is 12.6. The summed E-state index contributed by atoms with van der Waals surface area (Å²) in [4.78, 5) is 20.5. The molecule has 23 heavy (non-hydrogen) atoms. The fourth-order valence-corrected chi connectivity index (χ4v) is 2.29. The van der Waals surface area contributed by atoms with Crippen molar-refractivity contribution in [3.05, 3.63) is 48.0 Å². The van der Waals surface area contributed by atoms with E-state index in [0.29, 0.717) is 29.8 Å². The summed E-state index contributed by atoms with van der Waals surface area (Å²) >= 11 is 0. The Morgan fingerprint density at radius 1 is 1.35 bits per heavy atom. The van der Waals surface area contributed by atoms with Crippen molar-refractivity contribution in [1.29, 1.82) is 0 Å². The maximum Gasteiger partial charge on any atom is 0.228 e. The van der Waals surface area contributed by atoms with Crippen LogP contribution in [0.2, 0.25) is 0 Å². The molecule has 0 spiro atoms. The van der Waals surface area contributed by atoms with Crippen molar-refractivity contribution < 1.29 is 9.18 Å². The molecule has 0 fully saturated rings. The Morgan fingerprint density at radius 2 is 2.17 bits per heavy atom. The van der Waals surface area contributed by atoms with Crippen molar-refractivity contribution in [1.82, 2.24) is 20.2 Å². The predicted molar refractivity (Wildman–Crippen MR) is 84.2 cm³/mol. The van der Waals surface area contributed by atoms with Crippen LogP contribution < -0.4 is 5.32 Å². The standard InChI is InChI=1S/C16H16FN5O/c1-10(5-6-11-3-2-4-12(17)9-11)16(23)20-15-13-14(21-22-15)19-8-7-18-13/h2-4,7-10H,5-6H2,1H3,(H2,19,20,21,22,23). The Bertz CT molecular complexity index is 832. The molecule has 0 aliphatic carbocycles. The van der Waals surface area contributed by atoms with Crippen molar-refractivity contribution >= 4 is 22.9 Å². The van der Waals surface area contributed by atoms with Crippen LogP contribution in [0.5, 0.6) is 0 Å². The van der Waals surface area contributed by atoms with Crippen molar-refractivity contribution in [3.63, 3.8) is 0 Å². The third-order valence-corrected chi connectivity index (χ3v) is 3.64. The Balaban J connectivity index is 1.61. The smallest absolute Gasteiger partial charge is 0.228 e. The van der Waals surface area contributed by atoms with Crippen LogP contribution in [0.1, 0.15) is 18.9 Å². The highest BCUT2D eigenvalue weighted by atomic mass is 19.1. The van der Waals surface area contributed by atoms with E-state index in [4.69, 9.17) is 0 Å². The number of carbonyl (C=O) groups excluding carboxylic acids is 1. The fraction of sp³-hybridized carbons (Fsp3) is 0.250. The van der Waals surface area contributed by atoms with Crippen LogP contribution in [0, 0.1) is 11.7 Å². The summed E-state index contributed by atoms with van der Waals surface area (Å²) in [5.74, 6) is -0.191. The molecule has 1 atom stereocenters. The molecule has 0 saturated heterocycles. The maximum absolute atomic E-state index is 13.1. The van der Waals surface area contributed by atoms with Crippen LogP contribution in [0.4, 0.5) is 10.2 Å². The summed E-state index contributed by atoms with van der Waals surface area (Å²) in [5.41, 5.74) is 1.86. The number of rotatable bonds is 5. The Kier molecular flexibility index (Phi) is 4.27. The molecular weight excluding hydrogens is 297 g/mol. The third-order valence-electron chi connectivity index (χ3n) is 3.64. The minimum atomic E-state index is -0.262. The second-order valence-electron chi connectivity index (χ2n) is 5.39. The number of aromatic amines is 1. The van der Waals surface area contributed by atoms with Gasteiger partial charge in [0.2, 0.25) is 11.6 Å². The van der Waals surface area contributed by atoms with Gasteiger partial charge in [-0.3, -0.25) is 9.89 Å². The van der Waals surface area contributed by atoms with E-state index in [9.17, 15) is 9.18 Å². The van der Waals surface area contributed by atoms with Gasteiger partial charge in [0.25, 0.3) is 0 Å². The quantitative estimate of drug-likeness (QED) is 0.758. The molecule has 6 nitrogen and oxygen atoms in total. The number of H-pyrrole nitrogens is 1. The predicted octanol–water partition coefficient (Wildman–Crippen LogP) is 2.70. The number of carbonyl (C=O) groups is 1. The van der Waals surface area contributed by atoms with Gasteiger partial charge < -0.3 is 5.32 Å². The molecule has 118 valence electrons. The number of nitrogens with one attached hydrogen (secondary N) is 2. The highest BCUT2D eigenvalue weighted by Gasteiger charge is 2.16. The summed E-state index contributed by atoms with van der Waals surface area (Å²) in [6.07, 6.45) is 4.33. The van der Waals surface area contributed by atoms with Gasteiger partial charge in [0.15, 0.2) is 11.3 Å². The molecule has 1 aromatic carbocycles.